The van der Waals surface area contributed by atoms with E-state index < -0.39 is 6.10 Å². The molecule has 7 heteroatoms. The molecule has 0 aromatic heterocycles. The van der Waals surface area contributed by atoms with Gasteiger partial charge in [0.2, 0.25) is 6.41 Å². The molecule has 100 valence electrons. The van der Waals surface area contributed by atoms with E-state index in [1.54, 1.807) is 11.0 Å². The zero-order chi connectivity index (χ0) is 13.7. The molecule has 1 aromatic rings. The van der Waals surface area contributed by atoms with E-state index >= 15 is 0 Å². The molecule has 19 heavy (non-hydrogen) atoms. The van der Waals surface area contributed by atoms with Crippen molar-refractivity contribution in [3.8, 4) is 0 Å². The maximum Gasteiger partial charge on any atom is 0.209 e. The molecule has 1 aliphatic heterocycles. The molecule has 1 unspecified atom stereocenters. The van der Waals surface area contributed by atoms with Gasteiger partial charge in [-0.3, -0.25) is 4.79 Å². The summed E-state index contributed by atoms with van der Waals surface area (Å²) in [7, 11) is 0. The van der Waals surface area contributed by atoms with Gasteiger partial charge in [-0.25, -0.2) is 4.39 Å². The number of amides is 1. The van der Waals surface area contributed by atoms with Gasteiger partial charge in [-0.2, -0.15) is 0 Å². The third-order valence-electron chi connectivity index (χ3n) is 3.01. The average Bonchev–Trinajstić information content (AvgIpc) is 2.46. The van der Waals surface area contributed by atoms with Crippen LogP contribution >= 0.6 is 0 Å². The van der Waals surface area contributed by atoms with Crippen LogP contribution < -0.4 is 0 Å². The van der Waals surface area contributed by atoms with Gasteiger partial charge in [0.05, 0.1) is 19.7 Å². The highest BCUT2D eigenvalue weighted by molar-refractivity contribution is 5.47. The van der Waals surface area contributed by atoms with Crippen LogP contribution in [-0.2, 0) is 16.1 Å². The molecule has 0 N–H and O–H groups in total. The Morgan fingerprint density at radius 1 is 1.63 bits per heavy atom. The zero-order valence-corrected chi connectivity index (χ0v) is 10.2. The molecular formula is C12H13FN4O2. The van der Waals surface area contributed by atoms with Gasteiger partial charge in [-0.15, -0.1) is 0 Å². The Kier molecular flexibility index (Phi) is 4.33. The van der Waals surface area contributed by atoms with Crippen molar-refractivity contribution in [1.29, 1.82) is 0 Å². The number of hydrogen-bond acceptors (Lipinski definition) is 3. The molecular weight excluding hydrogens is 251 g/mol. The first kappa shape index (κ1) is 13.3. The SMILES string of the molecule is [N-]=[N+]=NCc1ccc(F)cc1C1CN(C=O)CCO1. The molecule has 0 radical (unpaired) electrons. The van der Waals surface area contributed by atoms with Gasteiger partial charge in [-0.1, -0.05) is 11.2 Å². The topological polar surface area (TPSA) is 78.3 Å². The fourth-order valence-corrected chi connectivity index (χ4v) is 2.07. The summed E-state index contributed by atoms with van der Waals surface area (Å²) in [4.78, 5) is 15.1. The van der Waals surface area contributed by atoms with E-state index in [2.05, 4.69) is 10.0 Å². The number of azide groups is 1. The molecule has 0 saturated carbocycles. The van der Waals surface area contributed by atoms with E-state index in [0.29, 0.717) is 30.8 Å². The Hall–Kier alpha value is -2.11. The lowest BCUT2D eigenvalue weighted by atomic mass is 10.0. The van der Waals surface area contributed by atoms with Crippen LogP contribution in [-0.4, -0.2) is 31.0 Å². The molecule has 1 fully saturated rings. The average molecular weight is 264 g/mol. The Morgan fingerprint density at radius 3 is 3.21 bits per heavy atom. The largest absolute Gasteiger partial charge is 0.370 e. The van der Waals surface area contributed by atoms with Crippen molar-refractivity contribution < 1.29 is 13.9 Å². The van der Waals surface area contributed by atoms with Gasteiger partial charge in [0.25, 0.3) is 0 Å². The lowest BCUT2D eigenvalue weighted by Crippen LogP contribution is -2.37. The van der Waals surface area contributed by atoms with E-state index in [4.69, 9.17) is 10.3 Å². The number of benzene rings is 1. The van der Waals surface area contributed by atoms with Crippen molar-refractivity contribution in [2.45, 2.75) is 12.6 Å². The lowest BCUT2D eigenvalue weighted by molar-refractivity contribution is -0.125. The minimum Gasteiger partial charge on any atom is -0.370 e. The van der Waals surface area contributed by atoms with Crippen molar-refractivity contribution in [2.24, 2.45) is 5.11 Å². The standard InChI is InChI=1S/C12H13FN4O2/c13-10-2-1-9(6-15-16-14)11(5-10)12-7-17(8-18)3-4-19-12/h1-2,5,8,12H,3-4,6-7H2. The number of nitrogens with zero attached hydrogens (tertiary/aromatic N) is 4. The summed E-state index contributed by atoms with van der Waals surface area (Å²) in [6.45, 7) is 1.44. The zero-order valence-electron chi connectivity index (χ0n) is 10.2. The summed E-state index contributed by atoms with van der Waals surface area (Å²) in [6, 6.07) is 4.25. The lowest BCUT2D eigenvalue weighted by Gasteiger charge is -2.31. The second-order valence-corrected chi connectivity index (χ2v) is 4.19. The molecule has 1 amide bonds. The van der Waals surface area contributed by atoms with Gasteiger partial charge in [-0.05, 0) is 28.8 Å². The fraction of sp³-hybridized carbons (Fsp3) is 0.417. The minimum atomic E-state index is -0.390. The second kappa shape index (κ2) is 6.17. The summed E-state index contributed by atoms with van der Waals surface area (Å²) < 4.78 is 18.9. The van der Waals surface area contributed by atoms with Crippen LogP contribution in [0.15, 0.2) is 23.3 Å². The van der Waals surface area contributed by atoms with Gasteiger partial charge in [0.15, 0.2) is 0 Å². The number of halogens is 1. The molecule has 1 atom stereocenters. The molecule has 1 saturated heterocycles. The number of carbonyl (C=O) groups excluding carboxylic acids is 1. The van der Waals surface area contributed by atoms with Crippen molar-refractivity contribution in [1.82, 2.24) is 4.90 Å². The third kappa shape index (κ3) is 3.21. The Morgan fingerprint density at radius 2 is 2.47 bits per heavy atom. The Labute approximate surface area is 109 Å². The number of hydrogen-bond donors (Lipinski definition) is 0. The van der Waals surface area contributed by atoms with Gasteiger partial charge in [0.1, 0.15) is 11.9 Å². The van der Waals surface area contributed by atoms with Crippen LogP contribution in [0.3, 0.4) is 0 Å². The van der Waals surface area contributed by atoms with E-state index in [0.717, 1.165) is 6.41 Å². The van der Waals surface area contributed by atoms with Gasteiger partial charge < -0.3 is 9.64 Å². The summed E-state index contributed by atoms with van der Waals surface area (Å²) in [6.07, 6.45) is 0.362. The smallest absolute Gasteiger partial charge is 0.209 e. The monoisotopic (exact) mass is 264 g/mol. The summed E-state index contributed by atoms with van der Waals surface area (Å²) >= 11 is 0. The van der Waals surface area contributed by atoms with Crippen molar-refractivity contribution in [2.75, 3.05) is 19.7 Å². The van der Waals surface area contributed by atoms with Crippen LogP contribution in [0.1, 0.15) is 17.2 Å². The maximum atomic E-state index is 13.4. The first-order valence-electron chi connectivity index (χ1n) is 5.84. The minimum absolute atomic E-state index is 0.132. The van der Waals surface area contributed by atoms with E-state index in [1.807, 2.05) is 0 Å². The van der Waals surface area contributed by atoms with Crippen LogP contribution in [0.25, 0.3) is 10.4 Å². The molecule has 0 spiro atoms. The van der Waals surface area contributed by atoms with E-state index in [-0.39, 0.29) is 12.4 Å². The highest BCUT2D eigenvalue weighted by atomic mass is 19.1. The highest BCUT2D eigenvalue weighted by Crippen LogP contribution is 2.26. The van der Waals surface area contributed by atoms with E-state index in [1.165, 1.54) is 12.1 Å². The molecule has 6 nitrogen and oxygen atoms in total. The third-order valence-corrected chi connectivity index (χ3v) is 3.01. The van der Waals surface area contributed by atoms with Crippen molar-refractivity contribution in [3.63, 3.8) is 0 Å². The summed E-state index contributed by atoms with van der Waals surface area (Å²) in [5, 5.41) is 3.49. The van der Waals surface area contributed by atoms with Gasteiger partial charge in [0, 0.05) is 11.5 Å². The molecule has 2 rings (SSSR count). The van der Waals surface area contributed by atoms with Crippen LogP contribution in [0.2, 0.25) is 0 Å². The van der Waals surface area contributed by atoms with Crippen LogP contribution in [0.4, 0.5) is 4.39 Å². The predicted molar refractivity (Wildman–Crippen MR) is 65.6 cm³/mol. The number of carbonyl (C=O) groups is 1. The molecule has 0 aliphatic carbocycles. The molecule has 0 bridgehead atoms. The van der Waals surface area contributed by atoms with Crippen molar-refractivity contribution in [3.05, 3.63) is 45.6 Å². The fourth-order valence-electron chi connectivity index (χ4n) is 2.07. The normalized spacial score (nSPS) is 18.8. The quantitative estimate of drug-likeness (QED) is 0.361. The molecule has 1 aliphatic rings. The number of rotatable bonds is 4. The number of ether oxygens (including phenoxy) is 1. The highest BCUT2D eigenvalue weighted by Gasteiger charge is 2.23. The van der Waals surface area contributed by atoms with Gasteiger partial charge >= 0.3 is 0 Å². The molecule has 1 heterocycles. The van der Waals surface area contributed by atoms with E-state index in [9.17, 15) is 9.18 Å². The number of morpholine rings is 1. The van der Waals surface area contributed by atoms with Crippen LogP contribution in [0.5, 0.6) is 0 Å². The molecule has 1 aromatic carbocycles. The second-order valence-electron chi connectivity index (χ2n) is 4.19. The summed E-state index contributed by atoms with van der Waals surface area (Å²) in [5.41, 5.74) is 9.69. The van der Waals surface area contributed by atoms with Crippen LogP contribution in [0, 0.1) is 5.82 Å². The first-order chi connectivity index (χ1) is 9.24. The maximum absolute atomic E-state index is 13.4. The van der Waals surface area contributed by atoms with Crippen molar-refractivity contribution >= 4 is 6.41 Å². The Bertz CT molecular complexity index is 516. The first-order valence-corrected chi connectivity index (χ1v) is 5.84. The Balaban J connectivity index is 2.28. The predicted octanol–water partition coefficient (Wildman–Crippen LogP) is 2.17. The summed E-state index contributed by atoms with van der Waals surface area (Å²) in [5.74, 6) is -0.383.